The molecule has 6 nitrogen and oxygen atoms in total. The molecule has 0 fully saturated rings. The van der Waals surface area contributed by atoms with Gasteiger partial charge in [0.2, 0.25) is 0 Å². The Bertz CT molecular complexity index is 743. The van der Waals surface area contributed by atoms with Crippen molar-refractivity contribution in [2.45, 2.75) is 246 Å². The van der Waals surface area contributed by atoms with Crippen molar-refractivity contribution in [3.05, 3.63) is 0 Å². The number of ether oxygens (including phenoxy) is 2. The Balaban J connectivity index is 4.13. The summed E-state index contributed by atoms with van der Waals surface area (Å²) in [7, 11) is 4.33. The maximum atomic E-state index is 12.3. The molecule has 0 aliphatic rings. The normalized spacial score (nSPS) is 11.8. The average molecular weight is 793 g/mol. The largest absolute Gasteiger partial charge is 0.466 e. The third kappa shape index (κ3) is 39.7. The molecule has 0 saturated carbocycles. The van der Waals surface area contributed by atoms with E-state index < -0.39 is 0 Å². The third-order valence-corrected chi connectivity index (χ3v) is 11.9. The molecule has 0 saturated heterocycles. The van der Waals surface area contributed by atoms with E-state index in [0.717, 1.165) is 56.9 Å². The Hall–Kier alpha value is -1.14. The number of rotatable bonds is 45. The van der Waals surface area contributed by atoms with Crippen molar-refractivity contribution in [2.24, 2.45) is 11.8 Å². The minimum absolute atomic E-state index is 0.00670. The van der Waals surface area contributed by atoms with Crippen LogP contribution in [0, 0.1) is 11.8 Å². The number of hydrogen-bond acceptors (Lipinski definition) is 6. The van der Waals surface area contributed by atoms with E-state index >= 15 is 0 Å². The van der Waals surface area contributed by atoms with Crippen molar-refractivity contribution < 1.29 is 19.1 Å². The van der Waals surface area contributed by atoms with Crippen molar-refractivity contribution in [1.82, 2.24) is 9.80 Å². The van der Waals surface area contributed by atoms with Crippen LogP contribution < -0.4 is 0 Å². The SMILES string of the molecule is CCCCCC(CCCCC)CCCOC(=O)CCCCCCCN(CCCCCCCC(=O)OCCCC(CCCCC)CCCCC)CCCCN(C)C. The van der Waals surface area contributed by atoms with Crippen molar-refractivity contribution in [2.75, 3.05) is 53.5 Å². The average Bonchev–Trinajstić information content (AvgIpc) is 3.18. The van der Waals surface area contributed by atoms with E-state index in [1.54, 1.807) is 0 Å². The monoisotopic (exact) mass is 793 g/mol. The van der Waals surface area contributed by atoms with Crippen molar-refractivity contribution >= 4 is 11.9 Å². The second kappa shape index (κ2) is 43.4. The minimum atomic E-state index is 0.00670. The quantitative estimate of drug-likeness (QED) is 0.0452. The smallest absolute Gasteiger partial charge is 0.305 e. The fourth-order valence-electron chi connectivity index (χ4n) is 8.23. The summed E-state index contributed by atoms with van der Waals surface area (Å²) in [5.74, 6) is 1.64. The Morgan fingerprint density at radius 1 is 0.375 bits per heavy atom. The lowest BCUT2D eigenvalue weighted by molar-refractivity contribution is -0.144. The maximum Gasteiger partial charge on any atom is 0.305 e. The molecule has 0 aliphatic heterocycles. The molecule has 0 aromatic rings. The summed E-state index contributed by atoms with van der Waals surface area (Å²) < 4.78 is 11.2. The summed E-state index contributed by atoms with van der Waals surface area (Å²) in [4.78, 5) is 29.7. The fourth-order valence-corrected chi connectivity index (χ4v) is 8.23. The van der Waals surface area contributed by atoms with Crippen LogP contribution in [-0.2, 0) is 19.1 Å². The predicted octanol–water partition coefficient (Wildman–Crippen LogP) is 14.5. The summed E-state index contributed by atoms with van der Waals surface area (Å²) in [6.07, 6.45) is 41.0. The summed E-state index contributed by atoms with van der Waals surface area (Å²) in [6, 6.07) is 0. The van der Waals surface area contributed by atoms with Gasteiger partial charge in [0, 0.05) is 12.8 Å². The molecule has 0 amide bonds. The molecule has 0 aromatic heterocycles. The van der Waals surface area contributed by atoms with Gasteiger partial charge in [-0.25, -0.2) is 0 Å². The van der Waals surface area contributed by atoms with Gasteiger partial charge in [0.05, 0.1) is 13.2 Å². The molecule has 0 aliphatic carbocycles. The van der Waals surface area contributed by atoms with E-state index in [2.05, 4.69) is 51.6 Å². The van der Waals surface area contributed by atoms with Crippen LogP contribution in [0.5, 0.6) is 0 Å². The predicted molar refractivity (Wildman–Crippen MR) is 244 cm³/mol. The second-order valence-electron chi connectivity index (χ2n) is 17.8. The van der Waals surface area contributed by atoms with Gasteiger partial charge in [-0.05, 0) is 116 Å². The summed E-state index contributed by atoms with van der Waals surface area (Å²) in [5, 5.41) is 0. The van der Waals surface area contributed by atoms with Crippen LogP contribution in [0.4, 0.5) is 0 Å². The Morgan fingerprint density at radius 3 is 1.04 bits per heavy atom. The van der Waals surface area contributed by atoms with Crippen LogP contribution in [0.3, 0.4) is 0 Å². The van der Waals surface area contributed by atoms with Crippen LogP contribution in [0.2, 0.25) is 0 Å². The van der Waals surface area contributed by atoms with Gasteiger partial charge >= 0.3 is 11.9 Å². The van der Waals surface area contributed by atoms with Gasteiger partial charge in [0.1, 0.15) is 0 Å². The first-order chi connectivity index (χ1) is 27.4. The molecule has 0 rings (SSSR count). The highest BCUT2D eigenvalue weighted by atomic mass is 16.5. The second-order valence-corrected chi connectivity index (χ2v) is 17.8. The molecule has 0 N–H and O–H groups in total. The Labute approximate surface area is 351 Å². The number of hydrogen-bond donors (Lipinski definition) is 0. The Morgan fingerprint density at radius 2 is 0.679 bits per heavy atom. The topological polar surface area (TPSA) is 59.1 Å². The van der Waals surface area contributed by atoms with E-state index in [1.807, 2.05) is 0 Å². The number of carbonyl (C=O) groups is 2. The van der Waals surface area contributed by atoms with Crippen LogP contribution in [0.1, 0.15) is 246 Å². The van der Waals surface area contributed by atoms with Crippen LogP contribution in [0.25, 0.3) is 0 Å². The summed E-state index contributed by atoms with van der Waals surface area (Å²) in [6.45, 7) is 15.1. The van der Waals surface area contributed by atoms with Crippen LogP contribution in [0.15, 0.2) is 0 Å². The van der Waals surface area contributed by atoms with E-state index in [1.165, 1.54) is 187 Å². The van der Waals surface area contributed by atoms with Gasteiger partial charge in [0.15, 0.2) is 0 Å². The van der Waals surface area contributed by atoms with E-state index in [0.29, 0.717) is 26.1 Å². The van der Waals surface area contributed by atoms with Crippen molar-refractivity contribution in [3.8, 4) is 0 Å². The lowest BCUT2D eigenvalue weighted by Gasteiger charge is -2.23. The first kappa shape index (κ1) is 54.9. The zero-order valence-corrected chi connectivity index (χ0v) is 39.0. The molecule has 0 aromatic carbocycles. The van der Waals surface area contributed by atoms with Crippen molar-refractivity contribution in [3.63, 3.8) is 0 Å². The Kier molecular flexibility index (Phi) is 42.6. The van der Waals surface area contributed by atoms with Gasteiger partial charge in [-0.15, -0.1) is 0 Å². The molecule has 0 radical (unpaired) electrons. The highest BCUT2D eigenvalue weighted by Gasteiger charge is 2.12. The molecule has 6 heteroatoms. The highest BCUT2D eigenvalue weighted by Crippen LogP contribution is 2.24. The van der Waals surface area contributed by atoms with E-state index in [-0.39, 0.29) is 11.9 Å². The first-order valence-corrected chi connectivity index (χ1v) is 25.0. The molecule has 0 spiro atoms. The van der Waals surface area contributed by atoms with Gasteiger partial charge in [0.25, 0.3) is 0 Å². The molecule has 0 atom stereocenters. The van der Waals surface area contributed by atoms with E-state index in [9.17, 15) is 9.59 Å². The van der Waals surface area contributed by atoms with Gasteiger partial charge < -0.3 is 19.3 Å². The maximum absolute atomic E-state index is 12.3. The zero-order chi connectivity index (χ0) is 41.2. The molecular formula is C50H100N2O4. The van der Waals surface area contributed by atoms with Crippen LogP contribution >= 0.6 is 0 Å². The zero-order valence-electron chi connectivity index (χ0n) is 39.0. The molecule has 0 bridgehead atoms. The van der Waals surface area contributed by atoms with Crippen molar-refractivity contribution in [1.29, 1.82) is 0 Å². The molecule has 0 unspecified atom stereocenters. The number of nitrogens with zero attached hydrogens (tertiary/aromatic N) is 2. The molecule has 56 heavy (non-hydrogen) atoms. The van der Waals surface area contributed by atoms with Gasteiger partial charge in [-0.3, -0.25) is 9.59 Å². The first-order valence-electron chi connectivity index (χ1n) is 25.0. The number of carbonyl (C=O) groups excluding carboxylic acids is 2. The summed E-state index contributed by atoms with van der Waals surface area (Å²) in [5.41, 5.74) is 0. The third-order valence-electron chi connectivity index (χ3n) is 11.9. The number of unbranched alkanes of at least 4 members (excludes halogenated alkanes) is 17. The minimum Gasteiger partial charge on any atom is -0.466 e. The highest BCUT2D eigenvalue weighted by molar-refractivity contribution is 5.69. The molecular weight excluding hydrogens is 693 g/mol. The molecule has 0 heterocycles. The lowest BCUT2D eigenvalue weighted by atomic mass is 9.91. The molecule has 334 valence electrons. The standard InChI is InChI=1S/C50H100N2O4/c1-7-11-21-33-47(34-22-12-8-2)37-31-45-55-49(53)39-25-17-15-19-27-42-52(44-30-29-41-51(5)6)43-28-20-16-18-26-40-50(54)56-46-32-38-48(35-23-13-9-3)36-24-14-10-4/h47-48H,7-46H2,1-6H3. The summed E-state index contributed by atoms with van der Waals surface area (Å²) >= 11 is 0. The van der Waals surface area contributed by atoms with E-state index in [4.69, 9.17) is 9.47 Å². The van der Waals surface area contributed by atoms with Crippen LogP contribution in [-0.4, -0.2) is 75.2 Å². The van der Waals surface area contributed by atoms with Gasteiger partial charge in [-0.2, -0.15) is 0 Å². The fraction of sp³-hybridized carbons (Fsp3) is 0.960. The number of esters is 2. The lowest BCUT2D eigenvalue weighted by Crippen LogP contribution is -2.28. The van der Waals surface area contributed by atoms with Gasteiger partial charge in [-0.1, -0.05) is 169 Å².